The highest BCUT2D eigenvalue weighted by molar-refractivity contribution is 5.96. The molecule has 2 aromatic rings. The number of amides is 2. The number of hydrogen-bond donors (Lipinski definition) is 2. The Morgan fingerprint density at radius 2 is 1.85 bits per heavy atom. The number of nitrogens with zero attached hydrogens (tertiary/aromatic N) is 1. The van der Waals surface area contributed by atoms with Crippen LogP contribution >= 0.6 is 0 Å². The predicted octanol–water partition coefficient (Wildman–Crippen LogP) is 3.74. The third-order valence-electron chi connectivity index (χ3n) is 3.87. The molecule has 27 heavy (non-hydrogen) atoms. The van der Waals surface area contributed by atoms with Gasteiger partial charge in [0.25, 0.3) is 11.8 Å². The van der Waals surface area contributed by atoms with Crippen LogP contribution in [0.5, 0.6) is 0 Å². The molecule has 0 aliphatic heterocycles. The van der Waals surface area contributed by atoms with Crippen molar-refractivity contribution in [3.63, 3.8) is 0 Å². The lowest BCUT2D eigenvalue weighted by atomic mass is 10.0. The molecule has 0 saturated heterocycles. The lowest BCUT2D eigenvalue weighted by Crippen LogP contribution is -2.29. The summed E-state index contributed by atoms with van der Waals surface area (Å²) in [4.78, 5) is 26.6. The fraction of sp³-hybridized carbons (Fsp3) is 0.381. The summed E-state index contributed by atoms with van der Waals surface area (Å²) in [5.41, 5.74) is 7.11. The number of nitrogens with one attached hydrogen (secondary N) is 1. The van der Waals surface area contributed by atoms with Crippen molar-refractivity contribution in [1.82, 2.24) is 4.98 Å². The van der Waals surface area contributed by atoms with Gasteiger partial charge in [-0.1, -0.05) is 57.5 Å². The van der Waals surface area contributed by atoms with Crippen molar-refractivity contribution in [3.8, 4) is 0 Å². The quantitative estimate of drug-likeness (QED) is 0.775. The Morgan fingerprint density at radius 1 is 1.19 bits per heavy atom. The average Bonchev–Trinajstić information content (AvgIpc) is 2.67. The number of pyridine rings is 1. The third kappa shape index (κ3) is 8.00. The predicted molar refractivity (Wildman–Crippen MR) is 108 cm³/mol. The van der Waals surface area contributed by atoms with E-state index >= 15 is 0 Å². The van der Waals surface area contributed by atoms with Gasteiger partial charge in [-0.2, -0.15) is 0 Å². The Morgan fingerprint density at radius 3 is 2.33 bits per heavy atom. The maximum atomic E-state index is 11.8. The van der Waals surface area contributed by atoms with Gasteiger partial charge in [0.15, 0.2) is 0 Å². The molecule has 0 spiro atoms. The first-order chi connectivity index (χ1) is 12.9. The Kier molecular flexibility index (Phi) is 9.75. The van der Waals surface area contributed by atoms with E-state index in [9.17, 15) is 9.59 Å². The van der Waals surface area contributed by atoms with Gasteiger partial charge in [-0.3, -0.25) is 14.6 Å². The lowest BCUT2D eigenvalue weighted by molar-refractivity contribution is -0.126. The van der Waals surface area contributed by atoms with E-state index < -0.39 is 12.0 Å². The molecule has 0 saturated carbocycles. The van der Waals surface area contributed by atoms with Crippen LogP contribution in [-0.2, 0) is 9.53 Å². The van der Waals surface area contributed by atoms with E-state index in [1.807, 2.05) is 13.0 Å². The van der Waals surface area contributed by atoms with Gasteiger partial charge >= 0.3 is 0 Å². The van der Waals surface area contributed by atoms with Crippen molar-refractivity contribution >= 4 is 17.5 Å². The van der Waals surface area contributed by atoms with E-state index in [2.05, 4.69) is 48.4 Å². The fourth-order valence-electron chi connectivity index (χ4n) is 2.32. The first kappa shape index (κ1) is 22.3. The number of aromatic nitrogens is 1. The van der Waals surface area contributed by atoms with Gasteiger partial charge in [0, 0.05) is 19.0 Å². The monoisotopic (exact) mass is 371 g/mol. The molecule has 1 unspecified atom stereocenters. The normalized spacial score (nSPS) is 11.3. The smallest absolute Gasteiger partial charge is 0.267 e. The standard InChI is InChI=1S/C12H17N3O3.C9H12/c1-3-4-10(18-2)12(17)15-8-5-6-14-9(7-8)11(13)16;1-8(2)9-6-4-3-5-7-9/h5-7,10H,3-4H2,1-2H3,(H2,13,16)(H,14,15,17);3-8H,1-2H3. The topological polar surface area (TPSA) is 94.3 Å². The van der Waals surface area contributed by atoms with Gasteiger partial charge in [-0.25, -0.2) is 0 Å². The number of nitrogens with two attached hydrogens (primary N) is 1. The number of primary amides is 1. The molecule has 0 aliphatic rings. The van der Waals surface area contributed by atoms with E-state index in [4.69, 9.17) is 10.5 Å². The second-order valence-electron chi connectivity index (χ2n) is 6.36. The molecule has 2 rings (SSSR count). The molecule has 6 nitrogen and oxygen atoms in total. The van der Waals surface area contributed by atoms with Crippen LogP contribution < -0.4 is 11.1 Å². The maximum absolute atomic E-state index is 11.8. The highest BCUT2D eigenvalue weighted by Crippen LogP contribution is 2.12. The summed E-state index contributed by atoms with van der Waals surface area (Å²) in [6, 6.07) is 13.5. The number of carbonyl (C=O) groups excluding carboxylic acids is 2. The van der Waals surface area contributed by atoms with Crippen LogP contribution in [0.3, 0.4) is 0 Å². The van der Waals surface area contributed by atoms with E-state index in [1.54, 1.807) is 6.07 Å². The number of anilines is 1. The van der Waals surface area contributed by atoms with Gasteiger partial charge < -0.3 is 15.8 Å². The minimum atomic E-state index is -0.636. The number of hydrogen-bond acceptors (Lipinski definition) is 4. The average molecular weight is 371 g/mol. The van der Waals surface area contributed by atoms with Crippen LogP contribution in [0.1, 0.15) is 55.6 Å². The summed E-state index contributed by atoms with van der Waals surface area (Å²) in [5, 5.41) is 2.66. The zero-order valence-electron chi connectivity index (χ0n) is 16.4. The highest BCUT2D eigenvalue weighted by atomic mass is 16.5. The molecule has 1 aromatic carbocycles. The zero-order valence-corrected chi connectivity index (χ0v) is 16.4. The molecule has 0 radical (unpaired) electrons. The first-order valence-corrected chi connectivity index (χ1v) is 9.03. The maximum Gasteiger partial charge on any atom is 0.267 e. The Balaban J connectivity index is 0.000000337. The van der Waals surface area contributed by atoms with Crippen LogP contribution in [0.25, 0.3) is 0 Å². The summed E-state index contributed by atoms with van der Waals surface area (Å²) in [5.74, 6) is -0.227. The van der Waals surface area contributed by atoms with E-state index in [-0.39, 0.29) is 11.6 Å². The van der Waals surface area contributed by atoms with Gasteiger partial charge in [-0.05, 0) is 30.0 Å². The summed E-state index contributed by atoms with van der Waals surface area (Å²) >= 11 is 0. The largest absolute Gasteiger partial charge is 0.372 e. The van der Waals surface area contributed by atoms with Crippen molar-refractivity contribution in [3.05, 3.63) is 59.9 Å². The van der Waals surface area contributed by atoms with Crippen LogP contribution in [-0.4, -0.2) is 30.0 Å². The van der Waals surface area contributed by atoms with Crippen molar-refractivity contribution in [1.29, 1.82) is 0 Å². The van der Waals surface area contributed by atoms with Gasteiger partial charge in [0.2, 0.25) is 0 Å². The molecule has 0 fully saturated rings. The number of methoxy groups -OCH3 is 1. The van der Waals surface area contributed by atoms with Gasteiger partial charge in [-0.15, -0.1) is 0 Å². The molecule has 0 bridgehead atoms. The lowest BCUT2D eigenvalue weighted by Gasteiger charge is -2.14. The van der Waals surface area contributed by atoms with Crippen LogP contribution in [0.2, 0.25) is 0 Å². The number of benzene rings is 1. The van der Waals surface area contributed by atoms with Crippen LogP contribution in [0, 0.1) is 0 Å². The first-order valence-electron chi connectivity index (χ1n) is 9.03. The number of carbonyl (C=O) groups is 2. The van der Waals surface area contributed by atoms with Gasteiger partial charge in [0.05, 0.1) is 0 Å². The Hall–Kier alpha value is -2.73. The molecular formula is C21H29N3O3. The molecular weight excluding hydrogens is 342 g/mol. The summed E-state index contributed by atoms with van der Waals surface area (Å²) in [6.45, 7) is 6.38. The van der Waals surface area contributed by atoms with Gasteiger partial charge in [0.1, 0.15) is 11.8 Å². The molecule has 3 N–H and O–H groups in total. The highest BCUT2D eigenvalue weighted by Gasteiger charge is 2.17. The Bertz CT molecular complexity index is 718. The second kappa shape index (κ2) is 11.8. The molecule has 6 heteroatoms. The molecule has 1 heterocycles. The minimum absolute atomic E-state index is 0.109. The molecule has 2 amide bonds. The van der Waals surface area contributed by atoms with Crippen molar-refractivity contribution < 1.29 is 14.3 Å². The van der Waals surface area contributed by atoms with E-state index in [1.165, 1.54) is 24.9 Å². The van der Waals surface area contributed by atoms with E-state index in [0.29, 0.717) is 18.0 Å². The zero-order chi connectivity index (χ0) is 20.2. The molecule has 1 atom stereocenters. The summed E-state index contributed by atoms with van der Waals surface area (Å²) in [7, 11) is 1.49. The SMILES string of the molecule is CC(C)c1ccccc1.CCCC(OC)C(=O)Nc1ccnc(C(N)=O)c1. The fourth-order valence-corrected chi connectivity index (χ4v) is 2.32. The Labute approximate surface area is 161 Å². The van der Waals surface area contributed by atoms with E-state index in [0.717, 1.165) is 6.42 Å². The molecule has 0 aliphatic carbocycles. The van der Waals surface area contributed by atoms with Crippen molar-refractivity contribution in [2.75, 3.05) is 12.4 Å². The van der Waals surface area contributed by atoms with Crippen LogP contribution in [0.15, 0.2) is 48.7 Å². The number of rotatable bonds is 7. The third-order valence-corrected chi connectivity index (χ3v) is 3.87. The second-order valence-corrected chi connectivity index (χ2v) is 6.36. The number of ether oxygens (including phenoxy) is 1. The van der Waals surface area contributed by atoms with Crippen LogP contribution in [0.4, 0.5) is 5.69 Å². The molecule has 146 valence electrons. The van der Waals surface area contributed by atoms with Crippen molar-refractivity contribution in [2.24, 2.45) is 5.73 Å². The molecule has 1 aromatic heterocycles. The minimum Gasteiger partial charge on any atom is -0.372 e. The van der Waals surface area contributed by atoms with Crippen molar-refractivity contribution in [2.45, 2.75) is 45.6 Å². The summed E-state index contributed by atoms with van der Waals surface area (Å²) < 4.78 is 5.08. The summed E-state index contributed by atoms with van der Waals surface area (Å²) in [6.07, 6.45) is 2.39.